The van der Waals surface area contributed by atoms with Crippen LogP contribution in [-0.2, 0) is 10.0 Å². The fourth-order valence-electron chi connectivity index (χ4n) is 2.61. The standard InChI is InChI=1S/C12H19ClN2O2S2/c1-3-9-4-6-10(7-5-9)15(2)19(16,17)11-8-14-12(13)18-11/h8-10H,3-7H2,1-2H3. The predicted octanol–water partition coefficient (Wildman–Crippen LogP) is 3.39. The summed E-state index contributed by atoms with van der Waals surface area (Å²) in [7, 11) is -1.77. The number of nitrogens with zero attached hydrogens (tertiary/aromatic N) is 2. The monoisotopic (exact) mass is 322 g/mol. The van der Waals surface area contributed by atoms with Gasteiger partial charge in [0.25, 0.3) is 10.0 Å². The van der Waals surface area contributed by atoms with Crippen LogP contribution in [0.25, 0.3) is 0 Å². The second-order valence-corrected chi connectivity index (χ2v) is 8.87. The first-order chi connectivity index (χ1) is 8.95. The molecule has 0 radical (unpaired) electrons. The SMILES string of the molecule is CCC1CCC(N(C)S(=O)(=O)c2cnc(Cl)s2)CC1. The van der Waals surface area contributed by atoms with Gasteiger partial charge in [-0.05, 0) is 31.6 Å². The van der Waals surface area contributed by atoms with E-state index < -0.39 is 10.0 Å². The lowest BCUT2D eigenvalue weighted by atomic mass is 9.85. The van der Waals surface area contributed by atoms with Crippen molar-refractivity contribution in [2.24, 2.45) is 5.92 Å². The van der Waals surface area contributed by atoms with Crippen LogP contribution < -0.4 is 0 Å². The van der Waals surface area contributed by atoms with Crippen LogP contribution >= 0.6 is 22.9 Å². The average Bonchev–Trinajstić information content (AvgIpc) is 2.85. The lowest BCUT2D eigenvalue weighted by molar-refractivity contribution is 0.233. The van der Waals surface area contributed by atoms with Crippen molar-refractivity contribution in [2.45, 2.75) is 49.3 Å². The van der Waals surface area contributed by atoms with E-state index in [0.717, 1.165) is 42.9 Å². The van der Waals surface area contributed by atoms with Crippen molar-refractivity contribution in [1.82, 2.24) is 9.29 Å². The van der Waals surface area contributed by atoms with Crippen molar-refractivity contribution in [3.8, 4) is 0 Å². The van der Waals surface area contributed by atoms with E-state index in [0.29, 0.717) is 0 Å². The summed E-state index contributed by atoms with van der Waals surface area (Å²) < 4.78 is 26.9. The van der Waals surface area contributed by atoms with E-state index in [9.17, 15) is 8.42 Å². The van der Waals surface area contributed by atoms with Gasteiger partial charge in [0.05, 0.1) is 6.20 Å². The van der Waals surface area contributed by atoms with Crippen LogP contribution in [-0.4, -0.2) is 30.8 Å². The number of halogens is 1. The Morgan fingerprint density at radius 3 is 2.53 bits per heavy atom. The molecule has 1 aromatic rings. The van der Waals surface area contributed by atoms with E-state index >= 15 is 0 Å². The van der Waals surface area contributed by atoms with Crippen LogP contribution in [0.3, 0.4) is 0 Å². The first kappa shape index (κ1) is 15.2. The minimum absolute atomic E-state index is 0.105. The van der Waals surface area contributed by atoms with Gasteiger partial charge in [0.2, 0.25) is 0 Å². The van der Waals surface area contributed by atoms with Gasteiger partial charge in [0.15, 0.2) is 8.68 Å². The summed E-state index contributed by atoms with van der Waals surface area (Å²) in [5, 5.41) is 0. The highest BCUT2D eigenvalue weighted by molar-refractivity contribution is 7.91. The number of thiazole rings is 1. The van der Waals surface area contributed by atoms with Gasteiger partial charge >= 0.3 is 0 Å². The highest BCUT2D eigenvalue weighted by atomic mass is 35.5. The normalized spacial score (nSPS) is 24.8. The second kappa shape index (κ2) is 6.08. The molecule has 0 unspecified atom stereocenters. The maximum absolute atomic E-state index is 12.4. The Hall–Kier alpha value is -0.170. The molecule has 0 aromatic carbocycles. The molecule has 0 amide bonds. The molecule has 1 aliphatic rings. The first-order valence-corrected chi connectivity index (χ1v) is 9.18. The number of hydrogen-bond acceptors (Lipinski definition) is 4. The number of rotatable bonds is 4. The third kappa shape index (κ3) is 3.29. The average molecular weight is 323 g/mol. The summed E-state index contributed by atoms with van der Waals surface area (Å²) in [4.78, 5) is 3.81. The zero-order chi connectivity index (χ0) is 14.0. The van der Waals surface area contributed by atoms with Crippen molar-refractivity contribution in [1.29, 1.82) is 0 Å². The summed E-state index contributed by atoms with van der Waals surface area (Å²) in [6.45, 7) is 2.20. The smallest absolute Gasteiger partial charge is 0.232 e. The van der Waals surface area contributed by atoms with E-state index in [1.807, 2.05) is 0 Å². The van der Waals surface area contributed by atoms with Crippen LogP contribution in [0.1, 0.15) is 39.0 Å². The minimum atomic E-state index is -3.44. The molecule has 0 saturated heterocycles. The molecule has 4 nitrogen and oxygen atoms in total. The van der Waals surface area contributed by atoms with E-state index in [-0.39, 0.29) is 14.7 Å². The maximum Gasteiger partial charge on any atom is 0.254 e. The van der Waals surface area contributed by atoms with Crippen LogP contribution in [0.2, 0.25) is 4.47 Å². The number of sulfonamides is 1. The van der Waals surface area contributed by atoms with E-state index in [2.05, 4.69) is 11.9 Å². The first-order valence-electron chi connectivity index (χ1n) is 6.54. The summed E-state index contributed by atoms with van der Waals surface area (Å²) >= 11 is 6.74. The molecule has 7 heteroatoms. The maximum atomic E-state index is 12.4. The Morgan fingerprint density at radius 1 is 1.42 bits per heavy atom. The molecule has 1 saturated carbocycles. The summed E-state index contributed by atoms with van der Waals surface area (Å²) in [5.74, 6) is 0.755. The van der Waals surface area contributed by atoms with Gasteiger partial charge in [0.1, 0.15) is 0 Å². The second-order valence-electron chi connectivity index (χ2n) is 5.04. The van der Waals surface area contributed by atoms with Gasteiger partial charge in [-0.2, -0.15) is 4.31 Å². The van der Waals surface area contributed by atoms with Crippen molar-refractivity contribution in [3.05, 3.63) is 10.7 Å². The fourth-order valence-corrected chi connectivity index (χ4v) is 5.51. The Bertz CT molecular complexity index is 522. The molecule has 0 aliphatic heterocycles. The largest absolute Gasteiger partial charge is 0.254 e. The number of hydrogen-bond donors (Lipinski definition) is 0. The summed E-state index contributed by atoms with van der Waals surface area (Å²) in [6, 6.07) is 0.105. The van der Waals surface area contributed by atoms with Gasteiger partial charge in [0, 0.05) is 13.1 Å². The Labute approximate surface area is 123 Å². The summed E-state index contributed by atoms with van der Waals surface area (Å²) in [6.07, 6.45) is 6.65. The molecular formula is C12H19ClN2O2S2. The van der Waals surface area contributed by atoms with Crippen LogP contribution in [0.15, 0.2) is 10.4 Å². The Morgan fingerprint density at radius 2 is 2.05 bits per heavy atom. The topological polar surface area (TPSA) is 50.3 Å². The Kier molecular flexibility index (Phi) is 4.87. The molecule has 19 heavy (non-hydrogen) atoms. The van der Waals surface area contributed by atoms with E-state index in [4.69, 9.17) is 11.6 Å². The van der Waals surface area contributed by atoms with Crippen LogP contribution in [0.5, 0.6) is 0 Å². The fraction of sp³-hybridized carbons (Fsp3) is 0.750. The van der Waals surface area contributed by atoms with Crippen LogP contribution in [0, 0.1) is 5.92 Å². The highest BCUT2D eigenvalue weighted by Crippen LogP contribution is 2.33. The van der Waals surface area contributed by atoms with Gasteiger partial charge in [-0.3, -0.25) is 0 Å². The molecule has 108 valence electrons. The van der Waals surface area contributed by atoms with Crippen molar-refractivity contribution in [3.63, 3.8) is 0 Å². The predicted molar refractivity (Wildman–Crippen MR) is 78.1 cm³/mol. The van der Waals surface area contributed by atoms with Crippen molar-refractivity contribution < 1.29 is 8.42 Å². The lowest BCUT2D eigenvalue weighted by Crippen LogP contribution is -2.39. The van der Waals surface area contributed by atoms with E-state index in [1.165, 1.54) is 16.9 Å². The molecular weight excluding hydrogens is 304 g/mol. The lowest BCUT2D eigenvalue weighted by Gasteiger charge is -2.33. The van der Waals surface area contributed by atoms with Gasteiger partial charge in [-0.1, -0.05) is 36.3 Å². The minimum Gasteiger partial charge on any atom is -0.232 e. The molecule has 1 heterocycles. The zero-order valence-electron chi connectivity index (χ0n) is 11.2. The van der Waals surface area contributed by atoms with Crippen molar-refractivity contribution >= 4 is 33.0 Å². The van der Waals surface area contributed by atoms with Gasteiger partial charge in [-0.25, -0.2) is 13.4 Å². The van der Waals surface area contributed by atoms with Crippen molar-refractivity contribution in [2.75, 3.05) is 7.05 Å². The van der Waals surface area contributed by atoms with Gasteiger partial charge in [-0.15, -0.1) is 0 Å². The number of aromatic nitrogens is 1. The quantitative estimate of drug-likeness (QED) is 0.853. The molecule has 1 aliphatic carbocycles. The molecule has 2 rings (SSSR count). The molecule has 0 N–H and O–H groups in total. The van der Waals surface area contributed by atoms with E-state index in [1.54, 1.807) is 7.05 Å². The molecule has 0 bridgehead atoms. The van der Waals surface area contributed by atoms with Crippen LogP contribution in [0.4, 0.5) is 0 Å². The molecule has 1 fully saturated rings. The summed E-state index contributed by atoms with van der Waals surface area (Å²) in [5.41, 5.74) is 0. The molecule has 0 spiro atoms. The third-order valence-corrected chi connectivity index (χ3v) is 7.46. The third-order valence-electron chi connectivity index (χ3n) is 4.00. The molecule has 0 atom stereocenters. The van der Waals surface area contributed by atoms with Gasteiger partial charge < -0.3 is 0 Å². The highest BCUT2D eigenvalue weighted by Gasteiger charge is 2.32. The molecule has 1 aromatic heterocycles. The Balaban J connectivity index is 2.09. The zero-order valence-corrected chi connectivity index (χ0v) is 13.6.